The average molecular weight is 250 g/mol. The molecule has 0 N–H and O–H groups in total. The second-order valence-electron chi connectivity index (χ2n) is 3.73. The Morgan fingerprint density at radius 3 is 2.65 bits per heavy atom. The van der Waals surface area contributed by atoms with E-state index in [1.54, 1.807) is 12.4 Å². The highest BCUT2D eigenvalue weighted by molar-refractivity contribution is 6.30. The number of pyridine rings is 1. The van der Waals surface area contributed by atoms with Gasteiger partial charge in [0.25, 0.3) is 0 Å². The zero-order chi connectivity index (χ0) is 12.3. The van der Waals surface area contributed by atoms with Crippen LogP contribution in [0.3, 0.4) is 0 Å². The number of halogens is 1. The molecule has 0 aliphatic carbocycles. The van der Waals surface area contributed by atoms with Crippen LogP contribution in [0.4, 0.5) is 0 Å². The summed E-state index contributed by atoms with van der Waals surface area (Å²) in [5.74, 6) is 0.980. The van der Waals surface area contributed by atoms with Crippen molar-refractivity contribution in [1.29, 1.82) is 0 Å². The Bertz CT molecular complexity index is 502. The molecule has 4 nitrogen and oxygen atoms in total. The van der Waals surface area contributed by atoms with Crippen LogP contribution in [0, 0.1) is 0 Å². The normalized spacial score (nSPS) is 10.6. The van der Waals surface area contributed by atoms with E-state index >= 15 is 0 Å². The molecule has 17 heavy (non-hydrogen) atoms. The van der Waals surface area contributed by atoms with Crippen LogP contribution in [-0.4, -0.2) is 21.1 Å². The first-order valence-corrected chi connectivity index (χ1v) is 5.65. The van der Waals surface area contributed by atoms with Gasteiger partial charge in [0, 0.05) is 6.20 Å². The van der Waals surface area contributed by atoms with E-state index < -0.39 is 0 Å². The van der Waals surface area contributed by atoms with Gasteiger partial charge in [0.2, 0.25) is 0 Å². The number of aromatic nitrogens is 3. The summed E-state index contributed by atoms with van der Waals surface area (Å²) in [4.78, 5) is 12.5. The van der Waals surface area contributed by atoms with E-state index in [1.165, 1.54) is 0 Å². The third-order valence-electron chi connectivity index (χ3n) is 1.97. The van der Waals surface area contributed by atoms with Gasteiger partial charge in [0.15, 0.2) is 16.7 Å². The maximum atomic E-state index is 6.02. The number of hydrogen-bond acceptors (Lipinski definition) is 4. The molecule has 2 rings (SSSR count). The summed E-state index contributed by atoms with van der Waals surface area (Å²) in [6, 6.07) is 5.54. The van der Waals surface area contributed by atoms with E-state index in [2.05, 4.69) is 15.0 Å². The minimum absolute atomic E-state index is 0.0387. The van der Waals surface area contributed by atoms with Crippen molar-refractivity contribution < 1.29 is 4.74 Å². The molecule has 0 spiro atoms. The smallest absolute Gasteiger partial charge is 0.179 e. The van der Waals surface area contributed by atoms with Crippen molar-refractivity contribution in [3.8, 4) is 17.3 Å². The molecule has 0 unspecified atom stereocenters. The predicted octanol–water partition coefficient (Wildman–Crippen LogP) is 2.98. The van der Waals surface area contributed by atoms with E-state index in [9.17, 15) is 0 Å². The number of ether oxygens (including phenoxy) is 1. The summed E-state index contributed by atoms with van der Waals surface area (Å²) in [6.07, 6.45) is 3.29. The molecule has 2 heterocycles. The van der Waals surface area contributed by atoms with Gasteiger partial charge < -0.3 is 4.74 Å². The molecule has 0 bridgehead atoms. The lowest BCUT2D eigenvalue weighted by molar-refractivity contribution is 0.240. The Morgan fingerprint density at radius 2 is 2.06 bits per heavy atom. The lowest BCUT2D eigenvalue weighted by Crippen LogP contribution is -2.07. The quantitative estimate of drug-likeness (QED) is 0.785. The average Bonchev–Trinajstić information content (AvgIpc) is 2.32. The predicted molar refractivity (Wildman–Crippen MR) is 66.0 cm³/mol. The molecule has 0 aliphatic heterocycles. The van der Waals surface area contributed by atoms with E-state index in [1.807, 2.05) is 32.0 Å². The second kappa shape index (κ2) is 5.10. The standard InChI is InChI=1S/C12H12ClN3O/c1-8(2)17-10-7-15-12(16-11(10)13)9-5-3-4-6-14-9/h3-8H,1-2H3. The van der Waals surface area contributed by atoms with E-state index in [0.717, 1.165) is 0 Å². The minimum Gasteiger partial charge on any atom is -0.486 e. The lowest BCUT2D eigenvalue weighted by Gasteiger charge is -2.10. The lowest BCUT2D eigenvalue weighted by atomic mass is 10.3. The van der Waals surface area contributed by atoms with Crippen molar-refractivity contribution in [2.75, 3.05) is 0 Å². The zero-order valence-electron chi connectivity index (χ0n) is 9.59. The van der Waals surface area contributed by atoms with Crippen LogP contribution in [0.2, 0.25) is 5.15 Å². The fourth-order valence-corrected chi connectivity index (χ4v) is 1.47. The van der Waals surface area contributed by atoms with Gasteiger partial charge in [-0.05, 0) is 26.0 Å². The highest BCUT2D eigenvalue weighted by atomic mass is 35.5. The van der Waals surface area contributed by atoms with Gasteiger partial charge in [-0.3, -0.25) is 4.98 Å². The van der Waals surface area contributed by atoms with Crippen LogP contribution in [0.15, 0.2) is 30.6 Å². The number of nitrogens with zero attached hydrogens (tertiary/aromatic N) is 3. The van der Waals surface area contributed by atoms with Crippen LogP contribution in [0.1, 0.15) is 13.8 Å². The first kappa shape index (κ1) is 11.8. The van der Waals surface area contributed by atoms with Crippen LogP contribution >= 0.6 is 11.6 Å². The van der Waals surface area contributed by atoms with Crippen molar-refractivity contribution in [2.45, 2.75) is 20.0 Å². The molecule has 2 aromatic rings. The summed E-state index contributed by atoms with van der Waals surface area (Å²) >= 11 is 6.02. The molecule has 0 fully saturated rings. The topological polar surface area (TPSA) is 47.9 Å². The molecule has 0 aromatic carbocycles. The first-order chi connectivity index (χ1) is 8.16. The van der Waals surface area contributed by atoms with Crippen molar-refractivity contribution in [3.05, 3.63) is 35.7 Å². The maximum absolute atomic E-state index is 6.02. The summed E-state index contributed by atoms with van der Waals surface area (Å²) in [7, 11) is 0. The van der Waals surface area contributed by atoms with Gasteiger partial charge in [-0.25, -0.2) is 9.97 Å². The molecule has 88 valence electrons. The fraction of sp³-hybridized carbons (Fsp3) is 0.250. The van der Waals surface area contributed by atoms with Crippen molar-refractivity contribution >= 4 is 11.6 Å². The van der Waals surface area contributed by atoms with Gasteiger partial charge in [-0.2, -0.15) is 0 Å². The van der Waals surface area contributed by atoms with Gasteiger partial charge in [0.05, 0.1) is 12.3 Å². The molecule has 5 heteroatoms. The van der Waals surface area contributed by atoms with Crippen LogP contribution in [0.25, 0.3) is 11.5 Å². The first-order valence-electron chi connectivity index (χ1n) is 5.27. The monoisotopic (exact) mass is 249 g/mol. The Labute approximate surface area is 105 Å². The summed E-state index contributed by atoms with van der Waals surface area (Å²) < 4.78 is 5.46. The van der Waals surface area contributed by atoms with Gasteiger partial charge >= 0.3 is 0 Å². The SMILES string of the molecule is CC(C)Oc1cnc(-c2ccccn2)nc1Cl. The third kappa shape index (κ3) is 2.91. The van der Waals surface area contributed by atoms with Crippen molar-refractivity contribution in [2.24, 2.45) is 0 Å². The molecule has 0 amide bonds. The summed E-state index contributed by atoms with van der Waals surface area (Å²) in [5, 5.41) is 0.300. The highest BCUT2D eigenvalue weighted by Crippen LogP contribution is 2.24. The molecule has 0 saturated carbocycles. The van der Waals surface area contributed by atoms with E-state index in [-0.39, 0.29) is 6.10 Å². The van der Waals surface area contributed by atoms with Gasteiger partial charge in [-0.15, -0.1) is 0 Å². The molecular weight excluding hydrogens is 238 g/mol. The molecule has 0 saturated heterocycles. The van der Waals surface area contributed by atoms with E-state index in [4.69, 9.17) is 16.3 Å². The van der Waals surface area contributed by atoms with Gasteiger partial charge in [0.1, 0.15) is 5.69 Å². The summed E-state index contributed by atoms with van der Waals surface area (Å²) in [6.45, 7) is 3.84. The highest BCUT2D eigenvalue weighted by Gasteiger charge is 2.09. The largest absolute Gasteiger partial charge is 0.486 e. The molecule has 0 radical (unpaired) electrons. The van der Waals surface area contributed by atoms with Crippen molar-refractivity contribution in [3.63, 3.8) is 0 Å². The second-order valence-corrected chi connectivity index (χ2v) is 4.09. The molecule has 2 aromatic heterocycles. The van der Waals surface area contributed by atoms with Crippen LogP contribution < -0.4 is 4.74 Å². The third-order valence-corrected chi connectivity index (χ3v) is 2.24. The molecule has 0 aliphatic rings. The zero-order valence-corrected chi connectivity index (χ0v) is 10.3. The molecule has 0 atom stereocenters. The van der Waals surface area contributed by atoms with E-state index in [0.29, 0.717) is 22.4 Å². The Hall–Kier alpha value is -1.68. The van der Waals surface area contributed by atoms with Crippen LogP contribution in [-0.2, 0) is 0 Å². The Kier molecular flexibility index (Phi) is 3.54. The fourth-order valence-electron chi connectivity index (χ4n) is 1.30. The molecular formula is C12H12ClN3O. The Balaban J connectivity index is 2.31. The van der Waals surface area contributed by atoms with Gasteiger partial charge in [-0.1, -0.05) is 17.7 Å². The summed E-state index contributed by atoms with van der Waals surface area (Å²) in [5.41, 5.74) is 0.686. The maximum Gasteiger partial charge on any atom is 0.179 e. The van der Waals surface area contributed by atoms with Crippen LogP contribution in [0.5, 0.6) is 5.75 Å². The number of hydrogen-bond donors (Lipinski definition) is 0. The minimum atomic E-state index is 0.0387. The van der Waals surface area contributed by atoms with Crippen molar-refractivity contribution in [1.82, 2.24) is 15.0 Å². The Morgan fingerprint density at radius 1 is 1.24 bits per heavy atom. The number of rotatable bonds is 3.